The third kappa shape index (κ3) is 14.8. The largest absolute Gasteiger partial charge is 0.481 e. The van der Waals surface area contributed by atoms with Gasteiger partial charge < -0.3 is 30.4 Å². The SMILES string of the molecule is CC(=O)CC(=O)SCCNC(=O)CCNC(=O)[C@H](O)C(C)(C)COP(=O)(O)OP(=O)(O)O. The van der Waals surface area contributed by atoms with Crippen molar-refractivity contribution in [1.29, 1.82) is 0 Å². The van der Waals surface area contributed by atoms with Crippen molar-refractivity contribution in [3.63, 3.8) is 0 Å². The molecule has 0 saturated heterocycles. The number of thioether (sulfide) groups is 1. The van der Waals surface area contributed by atoms with Crippen molar-refractivity contribution in [2.75, 3.05) is 25.4 Å². The minimum absolute atomic E-state index is 0.136. The average Bonchev–Trinajstić information content (AvgIpc) is 2.60. The van der Waals surface area contributed by atoms with Crippen LogP contribution in [0.25, 0.3) is 0 Å². The van der Waals surface area contributed by atoms with Gasteiger partial charge in [-0.25, -0.2) is 9.13 Å². The van der Waals surface area contributed by atoms with Gasteiger partial charge in [-0.15, -0.1) is 0 Å². The maximum atomic E-state index is 12.0. The Hall–Kier alpha value is -1.15. The number of phosphoric acid groups is 2. The van der Waals surface area contributed by atoms with Crippen LogP contribution in [0.3, 0.4) is 0 Å². The number of ketones is 1. The number of nitrogens with one attached hydrogen (secondary N) is 2. The van der Waals surface area contributed by atoms with Crippen molar-refractivity contribution in [2.24, 2.45) is 5.41 Å². The first-order valence-corrected chi connectivity index (χ1v) is 13.1. The van der Waals surface area contributed by atoms with Crippen LogP contribution >= 0.6 is 27.4 Å². The molecule has 0 saturated carbocycles. The number of phosphoric ester groups is 1. The molecule has 14 nitrogen and oxygen atoms in total. The van der Waals surface area contributed by atoms with Crippen LogP contribution in [0.4, 0.5) is 0 Å². The molecule has 6 N–H and O–H groups in total. The summed E-state index contributed by atoms with van der Waals surface area (Å²) in [5.74, 6) is -1.32. The van der Waals surface area contributed by atoms with Crippen molar-refractivity contribution in [3.05, 3.63) is 0 Å². The maximum absolute atomic E-state index is 12.0. The van der Waals surface area contributed by atoms with Gasteiger partial charge in [0.1, 0.15) is 11.9 Å². The molecule has 17 heteroatoms. The van der Waals surface area contributed by atoms with E-state index in [0.717, 1.165) is 11.8 Å². The smallest absolute Gasteiger partial charge is 0.383 e. The normalized spacial score (nSPS) is 14.8. The third-order valence-electron chi connectivity index (χ3n) is 3.53. The van der Waals surface area contributed by atoms with Crippen LogP contribution in [-0.2, 0) is 37.1 Å². The van der Waals surface area contributed by atoms with E-state index in [2.05, 4.69) is 19.5 Å². The van der Waals surface area contributed by atoms with Crippen LogP contribution in [0.2, 0.25) is 0 Å². The van der Waals surface area contributed by atoms with Gasteiger partial charge in [0.25, 0.3) is 0 Å². The first-order valence-electron chi connectivity index (χ1n) is 9.07. The molecule has 32 heavy (non-hydrogen) atoms. The molecular weight excluding hydrogens is 494 g/mol. The van der Waals surface area contributed by atoms with Crippen LogP contribution in [0.15, 0.2) is 0 Å². The standard InChI is InChI=1S/C15H28N2O12P2S/c1-10(18)8-12(20)32-7-6-16-11(19)4-5-17-14(22)13(21)15(2,3)9-28-31(26,27)29-30(23,24)25/h13,21H,4-9H2,1-3H3,(H,16,19)(H,17,22)(H,26,27)(H2,23,24,25)/t13-/m0/s1. The molecule has 0 heterocycles. The zero-order valence-electron chi connectivity index (χ0n) is 17.7. The molecule has 0 radical (unpaired) electrons. The molecule has 0 bridgehead atoms. The highest BCUT2D eigenvalue weighted by Crippen LogP contribution is 2.58. The Morgan fingerprint density at radius 2 is 1.66 bits per heavy atom. The second kappa shape index (κ2) is 13.5. The molecule has 0 aromatic rings. The van der Waals surface area contributed by atoms with Crippen LogP contribution in [0, 0.1) is 5.41 Å². The Kier molecular flexibility index (Phi) is 13.0. The highest BCUT2D eigenvalue weighted by molar-refractivity contribution is 8.13. The summed E-state index contributed by atoms with van der Waals surface area (Å²) in [4.78, 5) is 72.2. The summed E-state index contributed by atoms with van der Waals surface area (Å²) in [6.45, 7) is 3.13. The summed E-state index contributed by atoms with van der Waals surface area (Å²) in [5.41, 5.74) is -1.47. The van der Waals surface area contributed by atoms with Gasteiger partial charge in [-0.3, -0.25) is 23.7 Å². The fraction of sp³-hybridized carbons (Fsp3) is 0.733. The Morgan fingerprint density at radius 3 is 2.19 bits per heavy atom. The summed E-state index contributed by atoms with van der Waals surface area (Å²) in [7, 11) is -10.4. The van der Waals surface area contributed by atoms with Gasteiger partial charge in [-0.1, -0.05) is 25.6 Å². The van der Waals surface area contributed by atoms with Crippen molar-refractivity contribution in [2.45, 2.75) is 39.7 Å². The molecule has 2 amide bonds. The predicted molar refractivity (Wildman–Crippen MR) is 112 cm³/mol. The predicted octanol–water partition coefficient (Wildman–Crippen LogP) is -0.539. The van der Waals surface area contributed by atoms with Crippen LogP contribution in [0.1, 0.15) is 33.6 Å². The monoisotopic (exact) mass is 522 g/mol. The number of hydrogen-bond acceptors (Lipinski definition) is 10. The first-order chi connectivity index (χ1) is 14.4. The fourth-order valence-corrected chi connectivity index (χ4v) is 4.43. The quantitative estimate of drug-likeness (QED) is 0.0903. The molecule has 2 atom stereocenters. The van der Waals surface area contributed by atoms with Crippen molar-refractivity contribution < 1.29 is 56.9 Å². The van der Waals surface area contributed by atoms with E-state index in [0.29, 0.717) is 0 Å². The molecular formula is C15H28N2O12P2S. The van der Waals surface area contributed by atoms with E-state index >= 15 is 0 Å². The van der Waals surface area contributed by atoms with Crippen molar-refractivity contribution >= 4 is 50.1 Å². The van der Waals surface area contributed by atoms with Gasteiger partial charge in [0.2, 0.25) is 11.8 Å². The summed E-state index contributed by atoms with van der Waals surface area (Å²) >= 11 is 0.912. The Bertz CT molecular complexity index is 784. The maximum Gasteiger partial charge on any atom is 0.481 e. The third-order valence-corrected chi connectivity index (χ3v) is 6.54. The lowest BCUT2D eigenvalue weighted by Crippen LogP contribution is -2.46. The van der Waals surface area contributed by atoms with Gasteiger partial charge in [-0.2, -0.15) is 4.31 Å². The van der Waals surface area contributed by atoms with E-state index in [9.17, 15) is 38.3 Å². The van der Waals surface area contributed by atoms with E-state index in [1.54, 1.807) is 0 Å². The zero-order valence-corrected chi connectivity index (χ0v) is 20.3. The van der Waals surface area contributed by atoms with Crippen molar-refractivity contribution in [1.82, 2.24) is 10.6 Å². The van der Waals surface area contributed by atoms with E-state index in [1.807, 2.05) is 0 Å². The number of rotatable bonds is 15. The lowest BCUT2D eigenvalue weighted by molar-refractivity contribution is -0.137. The lowest BCUT2D eigenvalue weighted by Gasteiger charge is -2.29. The van der Waals surface area contributed by atoms with E-state index in [1.165, 1.54) is 20.8 Å². The Labute approximate surface area is 188 Å². The summed E-state index contributed by atoms with van der Waals surface area (Å²) in [6, 6.07) is 0. The molecule has 0 aliphatic carbocycles. The summed E-state index contributed by atoms with van der Waals surface area (Å²) < 4.78 is 30.1. The van der Waals surface area contributed by atoms with Gasteiger partial charge in [-0.05, 0) is 6.92 Å². The average molecular weight is 522 g/mol. The molecule has 0 spiro atoms. The van der Waals surface area contributed by atoms with Crippen LogP contribution < -0.4 is 10.6 Å². The number of carbonyl (C=O) groups excluding carboxylic acids is 4. The van der Waals surface area contributed by atoms with Gasteiger partial charge in [0, 0.05) is 30.7 Å². The molecule has 1 unspecified atom stereocenters. The highest BCUT2D eigenvalue weighted by Gasteiger charge is 2.39. The molecule has 0 fully saturated rings. The molecule has 0 aromatic heterocycles. The summed E-state index contributed by atoms with van der Waals surface area (Å²) in [5, 5.41) is 14.6. The number of aliphatic hydroxyl groups is 1. The number of Topliss-reactive ketones (excluding diaryl/α,β-unsaturated/α-hetero) is 1. The van der Waals surface area contributed by atoms with Gasteiger partial charge in [0.05, 0.1) is 13.0 Å². The minimum atomic E-state index is -5.31. The van der Waals surface area contributed by atoms with E-state index < -0.39 is 45.6 Å². The second-order valence-electron chi connectivity index (χ2n) is 7.20. The number of amides is 2. The number of aliphatic hydroxyl groups excluding tert-OH is 1. The first kappa shape index (κ1) is 30.9. The lowest BCUT2D eigenvalue weighted by atomic mass is 9.87. The molecule has 0 aliphatic heterocycles. The summed E-state index contributed by atoms with van der Waals surface area (Å²) in [6.07, 6.45) is -2.08. The zero-order chi connectivity index (χ0) is 25.2. The second-order valence-corrected chi connectivity index (χ2v) is 11.2. The van der Waals surface area contributed by atoms with Crippen molar-refractivity contribution in [3.8, 4) is 0 Å². The fourth-order valence-electron chi connectivity index (χ4n) is 1.93. The van der Waals surface area contributed by atoms with Crippen LogP contribution in [0.5, 0.6) is 0 Å². The number of hydrogen-bond donors (Lipinski definition) is 6. The molecule has 0 aromatic carbocycles. The van der Waals surface area contributed by atoms with Gasteiger partial charge in [0.15, 0.2) is 5.12 Å². The van der Waals surface area contributed by atoms with E-state index in [-0.39, 0.29) is 42.6 Å². The highest BCUT2D eigenvalue weighted by atomic mass is 32.2. The van der Waals surface area contributed by atoms with Crippen LogP contribution in [-0.4, -0.2) is 74.1 Å². The molecule has 0 rings (SSSR count). The minimum Gasteiger partial charge on any atom is -0.383 e. The Balaban J connectivity index is 4.31. The van der Waals surface area contributed by atoms with E-state index in [4.69, 9.17) is 9.79 Å². The Morgan fingerprint density at radius 1 is 1.06 bits per heavy atom. The topological polar surface area (TPSA) is 226 Å². The van der Waals surface area contributed by atoms with Gasteiger partial charge >= 0.3 is 15.6 Å². The number of carbonyl (C=O) groups is 4. The molecule has 0 aliphatic rings. The molecule has 186 valence electrons.